The van der Waals surface area contributed by atoms with Crippen LogP contribution in [0.3, 0.4) is 0 Å². The molecule has 0 aromatic heterocycles. The summed E-state index contributed by atoms with van der Waals surface area (Å²) < 4.78 is 10.9. The Hall–Kier alpha value is -3.52. The van der Waals surface area contributed by atoms with Crippen molar-refractivity contribution in [3.63, 3.8) is 0 Å². The molecule has 35 heavy (non-hydrogen) atoms. The number of aliphatic hydroxyl groups excluding tert-OH is 1. The van der Waals surface area contributed by atoms with Crippen molar-refractivity contribution in [2.45, 2.75) is 26.3 Å². The molecule has 1 fully saturated rings. The Morgan fingerprint density at radius 3 is 2.51 bits per heavy atom. The maximum Gasteiger partial charge on any atom is 0.295 e. The second kappa shape index (κ2) is 11.3. The lowest BCUT2D eigenvalue weighted by molar-refractivity contribution is -0.139. The fourth-order valence-electron chi connectivity index (χ4n) is 4.04. The van der Waals surface area contributed by atoms with Gasteiger partial charge in [0.05, 0.1) is 25.3 Å². The van der Waals surface area contributed by atoms with Crippen LogP contribution in [-0.2, 0) is 9.59 Å². The molecule has 1 aliphatic heterocycles. The van der Waals surface area contributed by atoms with Crippen LogP contribution in [0.15, 0.2) is 48.0 Å². The number of rotatable bonds is 10. The smallest absolute Gasteiger partial charge is 0.295 e. The van der Waals surface area contributed by atoms with E-state index in [0.717, 1.165) is 6.54 Å². The lowest BCUT2D eigenvalue weighted by Crippen LogP contribution is -2.32. The van der Waals surface area contributed by atoms with Crippen LogP contribution in [0.25, 0.3) is 5.76 Å². The molecule has 2 N–H and O–H groups in total. The summed E-state index contributed by atoms with van der Waals surface area (Å²) >= 11 is 0. The van der Waals surface area contributed by atoms with E-state index in [-0.39, 0.29) is 22.8 Å². The molecule has 3 rings (SSSR count). The van der Waals surface area contributed by atoms with Gasteiger partial charge in [0, 0.05) is 12.1 Å². The van der Waals surface area contributed by atoms with Gasteiger partial charge >= 0.3 is 0 Å². The van der Waals surface area contributed by atoms with Crippen molar-refractivity contribution in [1.82, 2.24) is 9.80 Å². The highest BCUT2D eigenvalue weighted by molar-refractivity contribution is 6.46. The highest BCUT2D eigenvalue weighted by Crippen LogP contribution is 2.42. The lowest BCUT2D eigenvalue weighted by atomic mass is 9.95. The van der Waals surface area contributed by atoms with Crippen molar-refractivity contribution in [3.8, 4) is 17.2 Å². The van der Waals surface area contributed by atoms with Crippen molar-refractivity contribution in [1.29, 1.82) is 0 Å². The summed E-state index contributed by atoms with van der Waals surface area (Å²) in [6.07, 6.45) is 0.636. The highest BCUT2D eigenvalue weighted by atomic mass is 16.5. The van der Waals surface area contributed by atoms with Gasteiger partial charge in [-0.25, -0.2) is 0 Å². The molecule has 0 radical (unpaired) electrons. The van der Waals surface area contributed by atoms with E-state index >= 15 is 0 Å². The maximum absolute atomic E-state index is 13.2. The monoisotopic (exact) mass is 482 g/mol. The molecule has 1 atom stereocenters. The van der Waals surface area contributed by atoms with Gasteiger partial charge in [0.15, 0.2) is 11.5 Å². The van der Waals surface area contributed by atoms with Crippen LogP contribution < -0.4 is 9.47 Å². The Morgan fingerprint density at radius 2 is 1.89 bits per heavy atom. The first kappa shape index (κ1) is 26.1. The number of phenolic OH excluding ortho intramolecular Hbond substituents is 1. The number of hydrogen-bond acceptors (Lipinski definition) is 7. The van der Waals surface area contributed by atoms with E-state index in [9.17, 15) is 19.8 Å². The van der Waals surface area contributed by atoms with Crippen LogP contribution in [0.2, 0.25) is 0 Å². The molecule has 0 aliphatic carbocycles. The van der Waals surface area contributed by atoms with Gasteiger partial charge in [-0.15, -0.1) is 0 Å². The van der Waals surface area contributed by atoms with E-state index in [1.165, 1.54) is 18.1 Å². The maximum atomic E-state index is 13.2. The largest absolute Gasteiger partial charge is 0.507 e. The minimum Gasteiger partial charge on any atom is -0.507 e. The third kappa shape index (κ3) is 5.95. The van der Waals surface area contributed by atoms with Gasteiger partial charge in [0.25, 0.3) is 11.7 Å². The van der Waals surface area contributed by atoms with Gasteiger partial charge in [-0.3, -0.25) is 9.59 Å². The normalized spacial score (nSPS) is 17.5. The number of nitrogens with zero attached hydrogens (tertiary/aromatic N) is 2. The second-order valence-corrected chi connectivity index (χ2v) is 9.31. The summed E-state index contributed by atoms with van der Waals surface area (Å²) in [4.78, 5) is 29.7. The number of phenols is 1. The van der Waals surface area contributed by atoms with E-state index in [1.807, 2.05) is 32.8 Å². The fraction of sp³-hybridized carbons (Fsp3) is 0.407. The number of ether oxygens (including phenoxy) is 2. The average Bonchev–Trinajstić information content (AvgIpc) is 3.07. The van der Waals surface area contributed by atoms with Crippen molar-refractivity contribution in [2.24, 2.45) is 5.92 Å². The van der Waals surface area contributed by atoms with Crippen molar-refractivity contribution < 1.29 is 29.3 Å². The van der Waals surface area contributed by atoms with E-state index in [0.29, 0.717) is 42.4 Å². The molecule has 2 aromatic carbocycles. The molecule has 1 saturated heterocycles. The van der Waals surface area contributed by atoms with Crippen LogP contribution in [-0.4, -0.2) is 72.6 Å². The lowest BCUT2D eigenvalue weighted by Gasteiger charge is -2.26. The van der Waals surface area contributed by atoms with Gasteiger partial charge in [0.2, 0.25) is 0 Å². The molecular weight excluding hydrogens is 448 g/mol. The molecule has 188 valence electrons. The molecule has 1 amide bonds. The molecule has 8 nitrogen and oxygen atoms in total. The Labute approximate surface area is 206 Å². The zero-order valence-electron chi connectivity index (χ0n) is 20.9. The first-order valence-corrected chi connectivity index (χ1v) is 11.7. The Morgan fingerprint density at radius 1 is 1.14 bits per heavy atom. The third-order valence-corrected chi connectivity index (χ3v) is 5.75. The van der Waals surface area contributed by atoms with Gasteiger partial charge in [-0.1, -0.05) is 32.0 Å². The summed E-state index contributed by atoms with van der Waals surface area (Å²) in [5.41, 5.74) is 0.854. The molecule has 1 unspecified atom stereocenters. The van der Waals surface area contributed by atoms with Gasteiger partial charge < -0.3 is 29.5 Å². The Balaban J connectivity index is 2.08. The number of carbonyl (C=O) groups excluding carboxylic acids is 2. The Kier molecular flexibility index (Phi) is 8.40. The van der Waals surface area contributed by atoms with Crippen molar-refractivity contribution >= 4 is 17.4 Å². The zero-order valence-corrected chi connectivity index (χ0v) is 20.9. The van der Waals surface area contributed by atoms with Crippen LogP contribution in [0.4, 0.5) is 0 Å². The summed E-state index contributed by atoms with van der Waals surface area (Å²) in [7, 11) is 5.30. The minimum atomic E-state index is -0.853. The second-order valence-electron chi connectivity index (χ2n) is 9.31. The van der Waals surface area contributed by atoms with E-state index < -0.39 is 17.7 Å². The number of methoxy groups -OCH3 is 1. The highest BCUT2D eigenvalue weighted by Gasteiger charge is 2.46. The molecule has 8 heteroatoms. The van der Waals surface area contributed by atoms with E-state index in [4.69, 9.17) is 9.47 Å². The van der Waals surface area contributed by atoms with Crippen LogP contribution >= 0.6 is 0 Å². The molecule has 0 saturated carbocycles. The Bertz CT molecular complexity index is 1110. The van der Waals surface area contributed by atoms with Gasteiger partial charge in [-0.2, -0.15) is 0 Å². The zero-order chi connectivity index (χ0) is 25.7. The molecule has 1 heterocycles. The molecule has 1 aliphatic rings. The summed E-state index contributed by atoms with van der Waals surface area (Å²) in [5.74, 6) is -0.696. The number of carbonyl (C=O) groups is 2. The summed E-state index contributed by atoms with van der Waals surface area (Å²) in [6, 6.07) is 10.7. The third-order valence-electron chi connectivity index (χ3n) is 5.75. The SMILES string of the molecule is COc1ccc(C2/C(=C(/O)c3cccc(OCC(C)C)c3)C(=O)C(=O)N2CCCN(C)C)cc1O. The number of amides is 1. The predicted molar refractivity (Wildman–Crippen MR) is 134 cm³/mol. The summed E-state index contributed by atoms with van der Waals surface area (Å²) in [6.45, 7) is 5.61. The number of ketones is 1. The number of likely N-dealkylation sites (tertiary alicyclic amines) is 1. The predicted octanol–water partition coefficient (Wildman–Crippen LogP) is 3.81. The van der Waals surface area contributed by atoms with E-state index in [1.54, 1.807) is 36.4 Å². The topological polar surface area (TPSA) is 99.5 Å². The molecule has 0 spiro atoms. The average molecular weight is 483 g/mol. The van der Waals surface area contributed by atoms with Crippen molar-refractivity contribution in [3.05, 3.63) is 59.2 Å². The number of Topliss-reactive ketones (excluding diaryl/α,β-unsaturated/α-hetero) is 1. The van der Waals surface area contributed by atoms with Crippen LogP contribution in [0.5, 0.6) is 17.2 Å². The van der Waals surface area contributed by atoms with E-state index in [2.05, 4.69) is 0 Å². The standard InChI is InChI=1S/C27H34N2O6/c1-17(2)16-35-20-9-6-8-19(14-20)25(31)23-24(18-10-11-22(34-5)21(30)15-18)29(27(33)26(23)32)13-7-12-28(3)4/h6,8-11,14-15,17,24,30-31H,7,12-13,16H2,1-5H3/b25-23-. The summed E-state index contributed by atoms with van der Waals surface area (Å²) in [5, 5.41) is 21.7. The first-order valence-electron chi connectivity index (χ1n) is 11.7. The number of aliphatic hydroxyl groups is 1. The van der Waals surface area contributed by atoms with Gasteiger partial charge in [0.1, 0.15) is 11.5 Å². The molecule has 2 aromatic rings. The first-order chi connectivity index (χ1) is 16.6. The molecule has 0 bridgehead atoms. The number of benzene rings is 2. The van der Waals surface area contributed by atoms with Gasteiger partial charge in [-0.05, 0) is 62.8 Å². The van der Waals surface area contributed by atoms with Crippen LogP contribution in [0.1, 0.15) is 37.4 Å². The quantitative estimate of drug-likeness (QED) is 0.302. The minimum absolute atomic E-state index is 0.0228. The van der Waals surface area contributed by atoms with Crippen LogP contribution in [0, 0.1) is 5.92 Å². The fourth-order valence-corrected chi connectivity index (χ4v) is 4.04. The number of aromatic hydroxyl groups is 1. The van der Waals surface area contributed by atoms with Crippen molar-refractivity contribution in [2.75, 3.05) is 40.9 Å². The number of hydrogen-bond donors (Lipinski definition) is 2. The molecular formula is C27H34N2O6.